The zero-order valence-corrected chi connectivity index (χ0v) is 10.1. The first-order valence-electron chi connectivity index (χ1n) is 5.34. The van der Waals surface area contributed by atoms with Crippen molar-refractivity contribution in [2.24, 2.45) is 0 Å². The highest BCUT2D eigenvalue weighted by Gasteiger charge is 2.36. The molecule has 1 saturated heterocycles. The van der Waals surface area contributed by atoms with Gasteiger partial charge >= 0.3 is 6.16 Å². The monoisotopic (exact) mass is 256 g/mol. The third kappa shape index (κ3) is 2.90. The summed E-state index contributed by atoms with van der Waals surface area (Å²) in [5.41, 5.74) is 1.02. The fourth-order valence-electron chi connectivity index (χ4n) is 1.77. The number of methoxy groups -OCH3 is 1. The van der Waals surface area contributed by atoms with Crippen LogP contribution in [0.25, 0.3) is 0 Å². The van der Waals surface area contributed by atoms with Crippen molar-refractivity contribution in [1.82, 2.24) is 0 Å². The molecule has 17 heavy (non-hydrogen) atoms. The zero-order chi connectivity index (χ0) is 12.3. The molecule has 0 amide bonds. The summed E-state index contributed by atoms with van der Waals surface area (Å²) in [6.45, 7) is 0. The van der Waals surface area contributed by atoms with E-state index in [1.807, 2.05) is 24.3 Å². The molecular weight excluding hydrogens is 244 g/mol. The predicted octanol–water partition coefficient (Wildman–Crippen LogP) is 2.78. The van der Waals surface area contributed by atoms with E-state index in [4.69, 9.17) is 25.8 Å². The Kier molecular flexibility index (Phi) is 3.86. The SMILES string of the molecule is COC1OC(=O)OC1CCc1ccccc1Cl. The van der Waals surface area contributed by atoms with Crippen molar-refractivity contribution < 1.29 is 19.0 Å². The lowest BCUT2D eigenvalue weighted by Crippen LogP contribution is -2.24. The van der Waals surface area contributed by atoms with Crippen LogP contribution in [0.15, 0.2) is 24.3 Å². The predicted molar refractivity (Wildman–Crippen MR) is 61.9 cm³/mol. The maximum atomic E-state index is 11.0. The van der Waals surface area contributed by atoms with Gasteiger partial charge in [-0.1, -0.05) is 29.8 Å². The maximum Gasteiger partial charge on any atom is 0.511 e. The third-order valence-electron chi connectivity index (χ3n) is 2.65. The molecule has 1 aliphatic rings. The first-order valence-corrected chi connectivity index (χ1v) is 5.72. The molecule has 2 unspecified atom stereocenters. The molecule has 0 aliphatic carbocycles. The van der Waals surface area contributed by atoms with Crippen LogP contribution in [0.5, 0.6) is 0 Å². The highest BCUT2D eigenvalue weighted by molar-refractivity contribution is 6.31. The Bertz CT molecular complexity index is 407. The molecule has 1 fully saturated rings. The van der Waals surface area contributed by atoms with E-state index < -0.39 is 12.4 Å². The fraction of sp³-hybridized carbons (Fsp3) is 0.417. The highest BCUT2D eigenvalue weighted by Crippen LogP contribution is 2.23. The number of cyclic esters (lactones) is 2. The molecule has 0 aromatic heterocycles. The lowest BCUT2D eigenvalue weighted by atomic mass is 10.1. The summed E-state index contributed by atoms with van der Waals surface area (Å²) in [6, 6.07) is 7.58. The standard InChI is InChI=1S/C12H13ClO4/c1-15-11-10(16-12(14)17-11)7-6-8-4-2-3-5-9(8)13/h2-5,10-11H,6-7H2,1H3. The molecule has 0 saturated carbocycles. The Balaban J connectivity index is 1.94. The van der Waals surface area contributed by atoms with Gasteiger partial charge in [0.25, 0.3) is 0 Å². The van der Waals surface area contributed by atoms with Gasteiger partial charge in [0.2, 0.25) is 6.29 Å². The molecular formula is C12H13ClO4. The number of ether oxygens (including phenoxy) is 3. The number of rotatable bonds is 4. The molecule has 92 valence electrons. The number of benzene rings is 1. The minimum absolute atomic E-state index is 0.372. The van der Waals surface area contributed by atoms with Crippen LogP contribution >= 0.6 is 11.6 Å². The van der Waals surface area contributed by atoms with Crippen molar-refractivity contribution in [1.29, 1.82) is 0 Å². The highest BCUT2D eigenvalue weighted by atomic mass is 35.5. The Morgan fingerprint density at radius 2 is 2.12 bits per heavy atom. The van der Waals surface area contributed by atoms with Gasteiger partial charge in [-0.25, -0.2) is 4.79 Å². The Hall–Kier alpha value is -1.26. The summed E-state index contributed by atoms with van der Waals surface area (Å²) < 4.78 is 14.8. The number of hydrogen-bond donors (Lipinski definition) is 0. The maximum absolute atomic E-state index is 11.0. The number of carbonyl (C=O) groups excluding carboxylic acids is 1. The van der Waals surface area contributed by atoms with Gasteiger partial charge in [-0.15, -0.1) is 0 Å². The van der Waals surface area contributed by atoms with Crippen LogP contribution in [0.3, 0.4) is 0 Å². The van der Waals surface area contributed by atoms with E-state index in [0.717, 1.165) is 5.56 Å². The van der Waals surface area contributed by atoms with Crippen molar-refractivity contribution >= 4 is 17.8 Å². The van der Waals surface area contributed by atoms with Crippen molar-refractivity contribution in [3.05, 3.63) is 34.9 Å². The minimum Gasteiger partial charge on any atom is -0.424 e. The molecule has 1 aromatic rings. The molecule has 2 atom stereocenters. The van der Waals surface area contributed by atoms with Crippen LogP contribution in [0.1, 0.15) is 12.0 Å². The quantitative estimate of drug-likeness (QED) is 0.777. The largest absolute Gasteiger partial charge is 0.511 e. The molecule has 5 heteroatoms. The van der Waals surface area contributed by atoms with Gasteiger partial charge in [-0.2, -0.15) is 0 Å². The van der Waals surface area contributed by atoms with Gasteiger partial charge < -0.3 is 14.2 Å². The number of halogens is 1. The van der Waals surface area contributed by atoms with Gasteiger partial charge in [0.15, 0.2) is 6.10 Å². The van der Waals surface area contributed by atoms with E-state index in [1.165, 1.54) is 7.11 Å². The molecule has 0 spiro atoms. The van der Waals surface area contributed by atoms with E-state index in [0.29, 0.717) is 17.9 Å². The number of carbonyl (C=O) groups is 1. The van der Waals surface area contributed by atoms with Gasteiger partial charge in [-0.05, 0) is 24.5 Å². The molecule has 2 rings (SSSR count). The van der Waals surface area contributed by atoms with Crippen LogP contribution in [-0.2, 0) is 20.6 Å². The van der Waals surface area contributed by atoms with Gasteiger partial charge in [0.1, 0.15) is 0 Å². The van der Waals surface area contributed by atoms with Crippen molar-refractivity contribution in [2.75, 3.05) is 7.11 Å². The summed E-state index contributed by atoms with van der Waals surface area (Å²) in [5, 5.41) is 0.715. The van der Waals surface area contributed by atoms with Gasteiger partial charge in [0.05, 0.1) is 0 Å². The van der Waals surface area contributed by atoms with Crippen molar-refractivity contribution in [3.63, 3.8) is 0 Å². The van der Waals surface area contributed by atoms with E-state index in [9.17, 15) is 4.79 Å². The fourth-order valence-corrected chi connectivity index (χ4v) is 2.00. The number of hydrogen-bond acceptors (Lipinski definition) is 4. The molecule has 1 aliphatic heterocycles. The Morgan fingerprint density at radius 1 is 1.35 bits per heavy atom. The molecule has 0 radical (unpaired) electrons. The topological polar surface area (TPSA) is 44.8 Å². The van der Waals surface area contributed by atoms with Crippen LogP contribution in [0, 0.1) is 0 Å². The van der Waals surface area contributed by atoms with E-state index in [-0.39, 0.29) is 6.10 Å². The summed E-state index contributed by atoms with van der Waals surface area (Å²) in [6.07, 6.45) is -0.343. The summed E-state index contributed by atoms with van der Waals surface area (Å²) in [4.78, 5) is 11.0. The summed E-state index contributed by atoms with van der Waals surface area (Å²) in [7, 11) is 1.48. The second-order valence-electron chi connectivity index (χ2n) is 3.76. The van der Waals surface area contributed by atoms with E-state index in [2.05, 4.69) is 0 Å². The first-order chi connectivity index (χ1) is 8.20. The van der Waals surface area contributed by atoms with Gasteiger partial charge in [0, 0.05) is 12.1 Å². The number of aryl methyl sites for hydroxylation is 1. The van der Waals surface area contributed by atoms with Crippen molar-refractivity contribution in [2.45, 2.75) is 25.2 Å². The normalized spacial score (nSPS) is 23.3. The zero-order valence-electron chi connectivity index (χ0n) is 9.39. The van der Waals surface area contributed by atoms with Crippen LogP contribution in [0.4, 0.5) is 4.79 Å². The molecule has 4 nitrogen and oxygen atoms in total. The second kappa shape index (κ2) is 5.38. The lowest BCUT2D eigenvalue weighted by molar-refractivity contribution is -0.0780. The summed E-state index contributed by atoms with van der Waals surface area (Å²) >= 11 is 6.04. The first kappa shape index (κ1) is 12.2. The molecule has 1 heterocycles. The summed E-state index contributed by atoms with van der Waals surface area (Å²) in [5.74, 6) is 0. The smallest absolute Gasteiger partial charge is 0.424 e. The second-order valence-corrected chi connectivity index (χ2v) is 4.17. The van der Waals surface area contributed by atoms with E-state index >= 15 is 0 Å². The van der Waals surface area contributed by atoms with Gasteiger partial charge in [-0.3, -0.25) is 0 Å². The van der Waals surface area contributed by atoms with Crippen LogP contribution in [0.2, 0.25) is 5.02 Å². The average Bonchev–Trinajstić information content (AvgIpc) is 2.69. The van der Waals surface area contributed by atoms with Crippen molar-refractivity contribution in [3.8, 4) is 0 Å². The third-order valence-corrected chi connectivity index (χ3v) is 3.02. The average molecular weight is 257 g/mol. The van der Waals surface area contributed by atoms with E-state index in [1.54, 1.807) is 0 Å². The van der Waals surface area contributed by atoms with Crippen LogP contribution in [-0.4, -0.2) is 25.7 Å². The lowest BCUT2D eigenvalue weighted by Gasteiger charge is -2.13. The minimum atomic E-state index is -0.680. The Labute approximate surface area is 104 Å². The Morgan fingerprint density at radius 3 is 2.82 bits per heavy atom. The molecule has 0 bridgehead atoms. The molecule has 0 N–H and O–H groups in total. The molecule has 1 aromatic carbocycles. The van der Waals surface area contributed by atoms with Crippen LogP contribution < -0.4 is 0 Å².